The highest BCUT2D eigenvalue weighted by Crippen LogP contribution is 2.22. The van der Waals surface area contributed by atoms with Gasteiger partial charge in [-0.2, -0.15) is 0 Å². The maximum absolute atomic E-state index is 13.7. The van der Waals surface area contributed by atoms with Crippen molar-refractivity contribution in [3.8, 4) is 5.75 Å². The van der Waals surface area contributed by atoms with Gasteiger partial charge in [-0.1, -0.05) is 86.6 Å². The van der Waals surface area contributed by atoms with E-state index in [1.807, 2.05) is 98.8 Å². The number of nitrogens with zero attached hydrogens (tertiary/aromatic N) is 1. The fourth-order valence-electron chi connectivity index (χ4n) is 4.66. The van der Waals surface area contributed by atoms with E-state index in [9.17, 15) is 14.7 Å². The number of hydrogen-bond donors (Lipinski definition) is 3. The summed E-state index contributed by atoms with van der Waals surface area (Å²) in [5.74, 6) is 0.176. The largest absolute Gasteiger partial charge is 0.497 e. The minimum absolute atomic E-state index is 0.0333. The molecule has 0 spiro atoms. The third-order valence-corrected chi connectivity index (χ3v) is 6.68. The Bertz CT molecular complexity index is 1190. The molecule has 2 amide bonds. The number of rotatable bonds is 15. The van der Waals surface area contributed by atoms with Gasteiger partial charge >= 0.3 is 6.09 Å². The van der Waals surface area contributed by atoms with Crippen LogP contribution in [0.3, 0.4) is 0 Å². The summed E-state index contributed by atoms with van der Waals surface area (Å²) in [7, 11) is 1.61. The fraction of sp³-hybridized carbons (Fsp3) is 0.375. The van der Waals surface area contributed by atoms with Crippen molar-refractivity contribution in [3.05, 3.63) is 102 Å². The van der Waals surface area contributed by atoms with Gasteiger partial charge in [-0.15, -0.1) is 0 Å². The molecule has 3 atom stereocenters. The summed E-state index contributed by atoms with van der Waals surface area (Å²) in [5, 5.41) is 14.8. The quantitative estimate of drug-likeness (QED) is 0.262. The van der Waals surface area contributed by atoms with Gasteiger partial charge < -0.3 is 25.6 Å². The third-order valence-electron chi connectivity index (χ3n) is 6.68. The lowest BCUT2D eigenvalue weighted by Gasteiger charge is -2.39. The molecule has 8 nitrogen and oxygen atoms in total. The molecule has 3 aromatic carbocycles. The Kier molecular flexibility index (Phi) is 12.0. The first kappa shape index (κ1) is 30.7. The molecule has 0 aliphatic rings. The van der Waals surface area contributed by atoms with Crippen molar-refractivity contribution in [2.75, 3.05) is 13.7 Å². The van der Waals surface area contributed by atoms with Crippen molar-refractivity contribution in [2.45, 2.75) is 58.0 Å². The van der Waals surface area contributed by atoms with Gasteiger partial charge in [0.25, 0.3) is 0 Å². The summed E-state index contributed by atoms with van der Waals surface area (Å²) in [5.41, 5.74) is 8.58. The van der Waals surface area contributed by atoms with Gasteiger partial charge in [0.05, 0.1) is 19.3 Å². The normalized spacial score (nSPS) is 13.3. The highest BCUT2D eigenvalue weighted by Gasteiger charge is 2.39. The van der Waals surface area contributed by atoms with Crippen LogP contribution in [0.5, 0.6) is 5.75 Å². The van der Waals surface area contributed by atoms with Crippen LogP contribution in [0.1, 0.15) is 37.0 Å². The predicted molar refractivity (Wildman–Crippen MR) is 156 cm³/mol. The lowest BCUT2D eigenvalue weighted by atomic mass is 9.94. The number of hydrogen-bond acceptors (Lipinski definition) is 6. The van der Waals surface area contributed by atoms with Crippen LogP contribution < -0.4 is 15.8 Å². The van der Waals surface area contributed by atoms with Gasteiger partial charge in [0.1, 0.15) is 18.4 Å². The molecule has 8 heteroatoms. The SMILES string of the molecule is COc1cccc(CNC[C@@H](O)[C@H](Cc2ccccc2)N(C(=O)OCc2ccccc2)[C@@H](CC(C)C)C(N)=O)c1. The summed E-state index contributed by atoms with van der Waals surface area (Å²) in [4.78, 5) is 27.8. The minimum atomic E-state index is -1.02. The van der Waals surface area contributed by atoms with Crippen molar-refractivity contribution in [2.24, 2.45) is 11.7 Å². The van der Waals surface area contributed by atoms with Gasteiger partial charge in [-0.3, -0.25) is 9.69 Å². The molecule has 0 saturated heterocycles. The monoisotopic (exact) mass is 547 g/mol. The second-order valence-electron chi connectivity index (χ2n) is 10.3. The van der Waals surface area contributed by atoms with E-state index in [-0.39, 0.29) is 19.1 Å². The number of aliphatic hydroxyl groups excluding tert-OH is 1. The van der Waals surface area contributed by atoms with Gasteiger partial charge in [0.2, 0.25) is 5.91 Å². The van der Waals surface area contributed by atoms with E-state index in [0.717, 1.165) is 22.4 Å². The van der Waals surface area contributed by atoms with E-state index >= 15 is 0 Å². The van der Waals surface area contributed by atoms with Crippen LogP contribution in [0, 0.1) is 5.92 Å². The van der Waals surface area contributed by atoms with E-state index in [4.69, 9.17) is 15.2 Å². The van der Waals surface area contributed by atoms with Gasteiger partial charge in [-0.25, -0.2) is 4.79 Å². The van der Waals surface area contributed by atoms with Crippen molar-refractivity contribution in [1.29, 1.82) is 0 Å². The molecule has 0 aromatic heterocycles. The smallest absolute Gasteiger partial charge is 0.411 e. The van der Waals surface area contributed by atoms with Crippen molar-refractivity contribution in [3.63, 3.8) is 0 Å². The Morgan fingerprint density at radius 1 is 0.925 bits per heavy atom. The molecule has 0 radical (unpaired) electrons. The van der Waals surface area contributed by atoms with Gasteiger partial charge in [0, 0.05) is 13.1 Å². The summed E-state index contributed by atoms with van der Waals surface area (Å²) >= 11 is 0. The number of amides is 2. The molecular weight excluding hydrogens is 506 g/mol. The highest BCUT2D eigenvalue weighted by atomic mass is 16.6. The van der Waals surface area contributed by atoms with E-state index in [1.165, 1.54) is 4.90 Å². The molecule has 3 rings (SSSR count). The summed E-state index contributed by atoms with van der Waals surface area (Å²) in [6.07, 6.45) is -1.07. The molecule has 4 N–H and O–H groups in total. The van der Waals surface area contributed by atoms with Crippen molar-refractivity contribution < 1.29 is 24.2 Å². The summed E-state index contributed by atoms with van der Waals surface area (Å²) in [6, 6.07) is 24.8. The van der Waals surface area contributed by atoms with Crippen molar-refractivity contribution in [1.82, 2.24) is 10.2 Å². The molecule has 214 valence electrons. The zero-order valence-electron chi connectivity index (χ0n) is 23.5. The van der Waals surface area contributed by atoms with Crippen LogP contribution >= 0.6 is 0 Å². The molecular formula is C32H41N3O5. The number of carbonyl (C=O) groups is 2. The molecule has 0 fully saturated rings. The Hall–Kier alpha value is -3.88. The van der Waals surface area contributed by atoms with E-state index in [2.05, 4.69) is 5.32 Å². The number of aliphatic hydroxyl groups is 1. The maximum atomic E-state index is 13.7. The second-order valence-corrected chi connectivity index (χ2v) is 10.3. The Morgan fingerprint density at radius 3 is 2.15 bits per heavy atom. The molecule has 0 aliphatic carbocycles. The first-order valence-corrected chi connectivity index (χ1v) is 13.6. The molecule has 0 saturated carbocycles. The minimum Gasteiger partial charge on any atom is -0.497 e. The molecule has 0 heterocycles. The summed E-state index contributed by atoms with van der Waals surface area (Å²) in [6.45, 7) is 4.61. The van der Waals surface area contributed by atoms with E-state index < -0.39 is 30.2 Å². The van der Waals surface area contributed by atoms with Crippen LogP contribution in [-0.4, -0.2) is 53.8 Å². The number of carbonyl (C=O) groups excluding carboxylic acids is 2. The van der Waals surface area contributed by atoms with E-state index in [0.29, 0.717) is 19.4 Å². The van der Waals surface area contributed by atoms with Crippen LogP contribution in [-0.2, 0) is 29.1 Å². The molecule has 3 aromatic rings. The van der Waals surface area contributed by atoms with E-state index in [1.54, 1.807) is 7.11 Å². The standard InChI is InChI=1S/C32H41N3O5/c1-23(2)17-29(31(33)37)35(32(38)40-22-25-13-8-5-9-14-25)28(19-24-11-6-4-7-12-24)30(36)21-34-20-26-15-10-16-27(18-26)39-3/h4-16,18,23,28-30,34,36H,17,19-22H2,1-3H3,(H2,33,37)/t28-,29-,30+/m0/s1. The Balaban J connectivity index is 1.88. The topological polar surface area (TPSA) is 114 Å². The lowest BCUT2D eigenvalue weighted by Crippen LogP contribution is -2.59. The predicted octanol–water partition coefficient (Wildman–Crippen LogP) is 4.30. The molecule has 0 aliphatic heterocycles. The van der Waals surface area contributed by atoms with Crippen LogP contribution in [0.4, 0.5) is 4.79 Å². The average molecular weight is 548 g/mol. The zero-order valence-corrected chi connectivity index (χ0v) is 23.5. The maximum Gasteiger partial charge on any atom is 0.411 e. The number of primary amides is 1. The fourth-order valence-corrected chi connectivity index (χ4v) is 4.66. The average Bonchev–Trinajstić information content (AvgIpc) is 2.96. The highest BCUT2D eigenvalue weighted by molar-refractivity contribution is 5.84. The number of nitrogens with two attached hydrogens (primary N) is 1. The third kappa shape index (κ3) is 9.39. The number of methoxy groups -OCH3 is 1. The molecule has 0 unspecified atom stereocenters. The number of benzene rings is 3. The first-order valence-electron chi connectivity index (χ1n) is 13.6. The summed E-state index contributed by atoms with van der Waals surface area (Å²) < 4.78 is 11.0. The van der Waals surface area contributed by atoms with Gasteiger partial charge in [0.15, 0.2) is 0 Å². The Labute approximate surface area is 237 Å². The molecule has 0 bridgehead atoms. The Morgan fingerprint density at radius 2 is 1.55 bits per heavy atom. The number of nitrogens with one attached hydrogen (secondary N) is 1. The lowest BCUT2D eigenvalue weighted by molar-refractivity contribution is -0.125. The molecule has 40 heavy (non-hydrogen) atoms. The number of ether oxygens (including phenoxy) is 2. The van der Waals surface area contributed by atoms with Crippen molar-refractivity contribution >= 4 is 12.0 Å². The van der Waals surface area contributed by atoms with Crippen LogP contribution in [0.2, 0.25) is 0 Å². The second kappa shape index (κ2) is 15.6. The van der Waals surface area contributed by atoms with Gasteiger partial charge in [-0.05, 0) is 47.6 Å². The first-order chi connectivity index (χ1) is 19.3. The van der Waals surface area contributed by atoms with Crippen LogP contribution in [0.25, 0.3) is 0 Å². The zero-order chi connectivity index (χ0) is 28.9. The van der Waals surface area contributed by atoms with Crippen LogP contribution in [0.15, 0.2) is 84.9 Å².